The minimum Gasteiger partial charge on any atom is -0.550 e. The smallest absolute Gasteiger partial charge is 0.266 e. The van der Waals surface area contributed by atoms with E-state index >= 15 is 0 Å². The predicted molar refractivity (Wildman–Crippen MR) is 107 cm³/mol. The quantitative estimate of drug-likeness (QED) is 0.528. The highest BCUT2D eigenvalue weighted by Gasteiger charge is 2.31. The predicted octanol–water partition coefficient (Wildman–Crippen LogP) is 2.61. The largest absolute Gasteiger partial charge is 0.550 e. The van der Waals surface area contributed by atoms with Crippen LogP contribution in [0, 0.1) is 0 Å². The molecule has 3 rings (SSSR count). The van der Waals surface area contributed by atoms with Crippen LogP contribution in [0.15, 0.2) is 59.5 Å². The number of hydrogen-bond acceptors (Lipinski definition) is 6. The maximum absolute atomic E-state index is 12.4. The second-order valence-electron chi connectivity index (χ2n) is 5.80. The van der Waals surface area contributed by atoms with Gasteiger partial charge in [0.25, 0.3) is 5.91 Å². The number of benzene rings is 2. The Bertz CT molecular complexity index is 896. The fourth-order valence-electron chi connectivity index (χ4n) is 2.48. The molecular formula is C20H16NO4S2-. The zero-order chi connectivity index (χ0) is 19.2. The van der Waals surface area contributed by atoms with Crippen LogP contribution < -0.4 is 9.84 Å². The van der Waals surface area contributed by atoms with E-state index in [2.05, 4.69) is 0 Å². The zero-order valence-electron chi connectivity index (χ0n) is 14.3. The number of thiocarbonyl (C=S) groups is 1. The number of aliphatic carboxylic acids is 1. The Balaban J connectivity index is 1.69. The number of hydrogen-bond donors (Lipinski definition) is 0. The highest BCUT2D eigenvalue weighted by Crippen LogP contribution is 2.33. The Morgan fingerprint density at radius 2 is 1.96 bits per heavy atom. The summed E-state index contributed by atoms with van der Waals surface area (Å²) in [5.41, 5.74) is 1.87. The van der Waals surface area contributed by atoms with Crippen molar-refractivity contribution in [3.8, 4) is 5.75 Å². The lowest BCUT2D eigenvalue weighted by Crippen LogP contribution is -2.33. The van der Waals surface area contributed by atoms with Crippen molar-refractivity contribution in [3.63, 3.8) is 0 Å². The van der Waals surface area contributed by atoms with Crippen LogP contribution in [0.5, 0.6) is 5.75 Å². The molecule has 0 radical (unpaired) electrons. The van der Waals surface area contributed by atoms with Crippen molar-refractivity contribution in [2.75, 3.05) is 6.54 Å². The topological polar surface area (TPSA) is 69.7 Å². The molecule has 0 aliphatic carbocycles. The van der Waals surface area contributed by atoms with Crippen molar-refractivity contribution in [2.24, 2.45) is 0 Å². The summed E-state index contributed by atoms with van der Waals surface area (Å²) in [6.07, 6.45) is 1.48. The van der Waals surface area contributed by atoms with Gasteiger partial charge in [-0.15, -0.1) is 0 Å². The number of thioether (sulfide) groups is 1. The van der Waals surface area contributed by atoms with Crippen LogP contribution in [0.2, 0.25) is 0 Å². The minimum atomic E-state index is -1.21. The first-order valence-corrected chi connectivity index (χ1v) is 9.47. The molecule has 0 aromatic heterocycles. The fourth-order valence-corrected chi connectivity index (χ4v) is 3.79. The molecule has 0 spiro atoms. The van der Waals surface area contributed by atoms with Gasteiger partial charge in [-0.2, -0.15) is 0 Å². The van der Waals surface area contributed by atoms with Gasteiger partial charge < -0.3 is 14.6 Å². The van der Waals surface area contributed by atoms with Crippen LogP contribution in [0.25, 0.3) is 6.08 Å². The number of rotatable bonds is 7. The average Bonchev–Trinajstić information content (AvgIpc) is 2.92. The lowest BCUT2D eigenvalue weighted by atomic mass is 10.2. The maximum atomic E-state index is 12.4. The summed E-state index contributed by atoms with van der Waals surface area (Å²) in [6, 6.07) is 17.3. The van der Waals surface area contributed by atoms with Crippen molar-refractivity contribution < 1.29 is 19.4 Å². The molecule has 0 bridgehead atoms. The Morgan fingerprint density at radius 3 is 2.70 bits per heavy atom. The monoisotopic (exact) mass is 398 g/mol. The van der Waals surface area contributed by atoms with E-state index in [0.29, 0.717) is 21.6 Å². The second-order valence-corrected chi connectivity index (χ2v) is 7.48. The first kappa shape index (κ1) is 19.1. The second kappa shape index (κ2) is 8.83. The molecule has 2 aromatic rings. The molecule has 138 valence electrons. The molecule has 1 saturated heterocycles. The van der Waals surface area contributed by atoms with Gasteiger partial charge in [-0.1, -0.05) is 66.4 Å². The molecule has 0 atom stereocenters. The van der Waals surface area contributed by atoms with Crippen molar-refractivity contribution in [3.05, 3.63) is 70.6 Å². The normalized spacial score (nSPS) is 15.4. The van der Waals surface area contributed by atoms with E-state index in [-0.39, 0.29) is 18.9 Å². The number of carboxylic acid groups (broad SMARTS) is 1. The summed E-state index contributed by atoms with van der Waals surface area (Å²) in [7, 11) is 0. The van der Waals surface area contributed by atoms with Gasteiger partial charge in [0.2, 0.25) is 0 Å². The van der Waals surface area contributed by atoms with E-state index in [9.17, 15) is 14.7 Å². The van der Waals surface area contributed by atoms with Crippen LogP contribution in [-0.4, -0.2) is 27.6 Å². The summed E-state index contributed by atoms with van der Waals surface area (Å²) < 4.78 is 6.15. The molecule has 0 saturated carbocycles. The Kier molecular flexibility index (Phi) is 6.26. The number of carbonyl (C=O) groups excluding carboxylic acids is 2. The van der Waals surface area contributed by atoms with Crippen LogP contribution in [0.3, 0.4) is 0 Å². The molecule has 1 fully saturated rings. The standard InChI is InChI=1S/C20H17NO4S2/c22-18(23)9-10-21-19(24)17(27-20(21)26)12-15-7-4-8-16(11-15)25-13-14-5-2-1-3-6-14/h1-8,11-12H,9-10,13H2,(H,22,23)/p-1. The van der Waals surface area contributed by atoms with E-state index in [4.69, 9.17) is 17.0 Å². The fraction of sp³-hybridized carbons (Fsp3) is 0.150. The van der Waals surface area contributed by atoms with Crippen LogP contribution >= 0.6 is 24.0 Å². The number of carbonyl (C=O) groups is 2. The Morgan fingerprint density at radius 1 is 1.19 bits per heavy atom. The van der Waals surface area contributed by atoms with Gasteiger partial charge in [-0.3, -0.25) is 9.69 Å². The highest BCUT2D eigenvalue weighted by molar-refractivity contribution is 8.26. The summed E-state index contributed by atoms with van der Waals surface area (Å²) in [5.74, 6) is -0.807. The molecule has 2 aromatic carbocycles. The van der Waals surface area contributed by atoms with Gasteiger partial charge in [-0.25, -0.2) is 0 Å². The minimum absolute atomic E-state index is 0.0184. The van der Waals surface area contributed by atoms with Gasteiger partial charge in [0.05, 0.1) is 4.91 Å². The van der Waals surface area contributed by atoms with E-state index in [1.807, 2.05) is 54.6 Å². The molecule has 1 amide bonds. The first-order chi connectivity index (χ1) is 13.0. The van der Waals surface area contributed by atoms with Gasteiger partial charge >= 0.3 is 0 Å². The summed E-state index contributed by atoms with van der Waals surface area (Å²) in [6.45, 7) is 0.472. The van der Waals surface area contributed by atoms with E-state index in [1.54, 1.807) is 6.08 Å². The average molecular weight is 398 g/mol. The molecule has 1 aliphatic heterocycles. The lowest BCUT2D eigenvalue weighted by molar-refractivity contribution is -0.305. The number of nitrogens with zero attached hydrogens (tertiary/aromatic N) is 1. The van der Waals surface area contributed by atoms with Crippen LogP contribution in [0.1, 0.15) is 17.5 Å². The van der Waals surface area contributed by atoms with Crippen LogP contribution in [0.4, 0.5) is 0 Å². The van der Waals surface area contributed by atoms with E-state index in [0.717, 1.165) is 22.9 Å². The first-order valence-electron chi connectivity index (χ1n) is 8.25. The molecule has 1 heterocycles. The molecule has 0 N–H and O–H groups in total. The summed E-state index contributed by atoms with van der Waals surface area (Å²) in [5, 5.41) is 10.6. The zero-order valence-corrected chi connectivity index (χ0v) is 15.9. The van der Waals surface area contributed by atoms with E-state index < -0.39 is 5.97 Å². The number of amides is 1. The molecular weight excluding hydrogens is 382 g/mol. The summed E-state index contributed by atoms with van der Waals surface area (Å²) >= 11 is 6.33. The van der Waals surface area contributed by atoms with Gasteiger partial charge in [-0.05, 0) is 29.3 Å². The Labute approximate surface area is 166 Å². The molecule has 27 heavy (non-hydrogen) atoms. The van der Waals surface area contributed by atoms with Gasteiger partial charge in [0.15, 0.2) is 0 Å². The van der Waals surface area contributed by atoms with Crippen molar-refractivity contribution >= 4 is 46.3 Å². The molecule has 1 aliphatic rings. The van der Waals surface area contributed by atoms with Crippen molar-refractivity contribution in [1.82, 2.24) is 4.90 Å². The van der Waals surface area contributed by atoms with Crippen molar-refractivity contribution in [1.29, 1.82) is 0 Å². The van der Waals surface area contributed by atoms with Gasteiger partial charge in [0.1, 0.15) is 16.7 Å². The lowest BCUT2D eigenvalue weighted by Gasteiger charge is -2.14. The molecule has 7 heteroatoms. The molecule has 0 unspecified atom stereocenters. The van der Waals surface area contributed by atoms with Gasteiger partial charge in [0, 0.05) is 18.9 Å². The highest BCUT2D eigenvalue weighted by atomic mass is 32.2. The van der Waals surface area contributed by atoms with Crippen LogP contribution in [-0.2, 0) is 16.2 Å². The third kappa shape index (κ3) is 5.18. The SMILES string of the molecule is O=C([O-])CCN1C(=O)C(=Cc2cccc(OCc3ccccc3)c2)SC1=S. The van der Waals surface area contributed by atoms with Crippen molar-refractivity contribution in [2.45, 2.75) is 13.0 Å². The molecule has 5 nitrogen and oxygen atoms in total. The van der Waals surface area contributed by atoms with E-state index in [1.165, 1.54) is 4.90 Å². The third-order valence-electron chi connectivity index (χ3n) is 3.82. The number of ether oxygens (including phenoxy) is 1. The number of carboxylic acids is 1. The summed E-state index contributed by atoms with van der Waals surface area (Å²) in [4.78, 5) is 24.8. The maximum Gasteiger partial charge on any atom is 0.266 e. The Hall–Kier alpha value is -2.64. The third-order valence-corrected chi connectivity index (χ3v) is 5.20.